The number of thioether (sulfide) groups is 1. The Balaban J connectivity index is 1.46. The predicted molar refractivity (Wildman–Crippen MR) is 157 cm³/mol. The summed E-state index contributed by atoms with van der Waals surface area (Å²) >= 11 is 3.49. The van der Waals surface area contributed by atoms with Gasteiger partial charge in [0.25, 0.3) is 11.6 Å². The van der Waals surface area contributed by atoms with Crippen molar-refractivity contribution in [1.82, 2.24) is 4.57 Å². The molecule has 0 saturated carbocycles. The van der Waals surface area contributed by atoms with Gasteiger partial charge in [0.15, 0.2) is 4.80 Å². The van der Waals surface area contributed by atoms with Crippen molar-refractivity contribution in [1.29, 1.82) is 0 Å². The highest BCUT2D eigenvalue weighted by atomic mass is 32.2. The van der Waals surface area contributed by atoms with Crippen LogP contribution in [-0.2, 0) is 43.2 Å². The normalized spacial score (nSPS) is 13.4. The minimum atomic E-state index is -0.573. The molecule has 2 aromatic heterocycles. The number of aromatic nitrogens is 1. The Morgan fingerprint density at radius 1 is 1.15 bits per heavy atom. The highest BCUT2D eigenvalue weighted by Gasteiger charge is 2.26. The number of benzene rings is 1. The molecule has 1 N–H and O–H groups in total. The van der Waals surface area contributed by atoms with Crippen molar-refractivity contribution in [2.45, 2.75) is 45.6 Å². The van der Waals surface area contributed by atoms with E-state index in [9.17, 15) is 29.3 Å². The number of ether oxygens (including phenoxy) is 2. The fourth-order valence-corrected chi connectivity index (χ4v) is 7.36. The summed E-state index contributed by atoms with van der Waals surface area (Å²) in [5.74, 6) is -2.09. The number of carbonyl (C=O) groups excluding carboxylic acids is 4. The molecule has 1 aliphatic carbocycles. The van der Waals surface area contributed by atoms with Crippen molar-refractivity contribution in [2.24, 2.45) is 4.99 Å². The zero-order valence-electron chi connectivity index (χ0n) is 22.4. The average Bonchev–Trinajstić information content (AvgIpc) is 3.34. The molecule has 0 unspecified atom stereocenters. The van der Waals surface area contributed by atoms with E-state index >= 15 is 0 Å². The summed E-state index contributed by atoms with van der Waals surface area (Å²) in [7, 11) is 1.23. The molecule has 1 aliphatic rings. The number of amides is 2. The minimum Gasteiger partial charge on any atom is -0.468 e. The lowest BCUT2D eigenvalue weighted by atomic mass is 10.1. The van der Waals surface area contributed by atoms with Crippen LogP contribution >= 0.6 is 34.4 Å². The summed E-state index contributed by atoms with van der Waals surface area (Å²) in [4.78, 5) is 66.1. The van der Waals surface area contributed by atoms with Crippen molar-refractivity contribution in [3.8, 4) is 0 Å². The number of nitrogens with zero attached hydrogens (tertiary/aromatic N) is 3. The van der Waals surface area contributed by atoms with Gasteiger partial charge in [-0.2, -0.15) is 4.99 Å². The van der Waals surface area contributed by atoms with Gasteiger partial charge in [-0.25, -0.2) is 4.79 Å². The van der Waals surface area contributed by atoms with E-state index in [4.69, 9.17) is 9.47 Å². The molecule has 2 heterocycles. The van der Waals surface area contributed by atoms with Crippen LogP contribution in [0.25, 0.3) is 10.2 Å². The van der Waals surface area contributed by atoms with Gasteiger partial charge in [0, 0.05) is 17.0 Å². The van der Waals surface area contributed by atoms with Crippen LogP contribution in [0.4, 0.5) is 10.7 Å². The number of nitro groups is 1. The monoisotopic (exact) mass is 620 g/mol. The summed E-state index contributed by atoms with van der Waals surface area (Å²) in [5.41, 5.74) is 1.75. The Labute approximate surface area is 246 Å². The smallest absolute Gasteiger partial charge is 0.341 e. The van der Waals surface area contributed by atoms with Gasteiger partial charge >= 0.3 is 11.9 Å². The molecule has 0 radical (unpaired) electrons. The number of thiazole rings is 1. The number of nitrogens with one attached hydrogen (secondary N) is 1. The molecular weight excluding hydrogens is 593 g/mol. The Hall–Kier alpha value is -3.56. The molecule has 0 bridgehead atoms. The lowest BCUT2D eigenvalue weighted by molar-refractivity contribution is -0.384. The van der Waals surface area contributed by atoms with E-state index in [1.807, 2.05) is 0 Å². The van der Waals surface area contributed by atoms with Crippen molar-refractivity contribution >= 4 is 79.1 Å². The highest BCUT2D eigenvalue weighted by molar-refractivity contribution is 8.00. The van der Waals surface area contributed by atoms with Gasteiger partial charge in [-0.05, 0) is 44.2 Å². The molecule has 15 heteroatoms. The zero-order valence-corrected chi connectivity index (χ0v) is 24.9. The number of aryl methyl sites for hydroxylation is 1. The number of non-ortho nitro benzene ring substituents is 1. The first-order chi connectivity index (χ1) is 19.7. The van der Waals surface area contributed by atoms with Gasteiger partial charge in [-0.3, -0.25) is 24.5 Å². The van der Waals surface area contributed by atoms with Crippen LogP contribution in [0.3, 0.4) is 0 Å². The number of hydrogen-bond donors (Lipinski definition) is 1. The second-order valence-electron chi connectivity index (χ2n) is 8.99. The lowest BCUT2D eigenvalue weighted by Crippen LogP contribution is -2.23. The van der Waals surface area contributed by atoms with E-state index in [2.05, 4.69) is 10.3 Å². The molecule has 1 aromatic carbocycles. The predicted octanol–water partition coefficient (Wildman–Crippen LogP) is 4.09. The van der Waals surface area contributed by atoms with Crippen LogP contribution in [-0.4, -0.2) is 58.5 Å². The fraction of sp³-hybridized carbons (Fsp3) is 0.423. The van der Waals surface area contributed by atoms with Gasteiger partial charge < -0.3 is 19.4 Å². The highest BCUT2D eigenvalue weighted by Crippen LogP contribution is 2.38. The molecular formula is C26H28N4O8S3. The largest absolute Gasteiger partial charge is 0.468 e. The summed E-state index contributed by atoms with van der Waals surface area (Å²) in [6, 6.07) is 4.15. The maximum absolute atomic E-state index is 12.8. The van der Waals surface area contributed by atoms with Gasteiger partial charge in [0.1, 0.15) is 11.5 Å². The fourth-order valence-electron chi connectivity index (χ4n) is 4.39. The number of esters is 2. The molecule has 0 aliphatic heterocycles. The van der Waals surface area contributed by atoms with E-state index in [0.29, 0.717) is 20.8 Å². The second kappa shape index (κ2) is 13.9. The molecule has 3 aromatic rings. The molecule has 4 rings (SSSR count). The number of methoxy groups -OCH3 is 1. The Bertz CT molecular complexity index is 1570. The lowest BCUT2D eigenvalue weighted by Gasteiger charge is -2.08. The molecule has 2 amide bonds. The van der Waals surface area contributed by atoms with Crippen LogP contribution in [0.5, 0.6) is 0 Å². The van der Waals surface area contributed by atoms with Crippen molar-refractivity contribution in [2.75, 3.05) is 30.5 Å². The summed E-state index contributed by atoms with van der Waals surface area (Å²) in [5, 5.41) is 14.5. The van der Waals surface area contributed by atoms with E-state index in [-0.39, 0.29) is 41.1 Å². The Morgan fingerprint density at radius 3 is 2.66 bits per heavy atom. The van der Waals surface area contributed by atoms with Crippen molar-refractivity contribution < 1.29 is 33.6 Å². The number of carbonyl (C=O) groups is 4. The Kier molecular flexibility index (Phi) is 10.3. The summed E-state index contributed by atoms with van der Waals surface area (Å²) in [6.07, 6.45) is 4.71. The average molecular weight is 621 g/mol. The molecule has 12 nitrogen and oxygen atoms in total. The second-order valence-corrected chi connectivity index (χ2v) is 12.1. The first-order valence-corrected chi connectivity index (χ1v) is 15.6. The van der Waals surface area contributed by atoms with E-state index in [0.717, 1.165) is 65.6 Å². The SMILES string of the molecule is CCOC(=O)c1c(NC(=O)CSCC(=O)N=c2sc3cc([N+](=O)[O-])ccc3n2CC(=O)OC)sc2c1CCCCC2. The van der Waals surface area contributed by atoms with Crippen molar-refractivity contribution in [3.05, 3.63) is 49.1 Å². The number of fused-ring (bicyclic) bond motifs is 2. The number of rotatable bonds is 10. The van der Waals surface area contributed by atoms with E-state index < -0.39 is 22.8 Å². The molecule has 218 valence electrons. The molecule has 41 heavy (non-hydrogen) atoms. The maximum atomic E-state index is 12.8. The maximum Gasteiger partial charge on any atom is 0.341 e. The number of anilines is 1. The number of hydrogen-bond acceptors (Lipinski definition) is 11. The van der Waals surface area contributed by atoms with Gasteiger partial charge in [-0.15, -0.1) is 23.1 Å². The van der Waals surface area contributed by atoms with Gasteiger partial charge in [0.05, 0.1) is 45.9 Å². The summed E-state index contributed by atoms with van der Waals surface area (Å²) in [6.45, 7) is 1.73. The van der Waals surface area contributed by atoms with Gasteiger partial charge in [-0.1, -0.05) is 17.8 Å². The van der Waals surface area contributed by atoms with Crippen LogP contribution in [0.2, 0.25) is 0 Å². The topological polar surface area (TPSA) is 159 Å². The first kappa shape index (κ1) is 30.4. The summed E-state index contributed by atoms with van der Waals surface area (Å²) < 4.78 is 11.9. The third-order valence-electron chi connectivity index (χ3n) is 6.22. The molecule has 0 atom stereocenters. The quantitative estimate of drug-likeness (QED) is 0.152. The van der Waals surface area contributed by atoms with Crippen LogP contribution in [0.1, 0.15) is 47.0 Å². The number of thiophene rings is 1. The number of nitro benzene ring substituents is 1. The van der Waals surface area contributed by atoms with Crippen molar-refractivity contribution in [3.63, 3.8) is 0 Å². The Morgan fingerprint density at radius 2 is 1.93 bits per heavy atom. The molecule has 0 fully saturated rings. The molecule has 0 saturated heterocycles. The first-order valence-electron chi connectivity index (χ1n) is 12.8. The van der Waals surface area contributed by atoms with Crippen LogP contribution in [0.15, 0.2) is 23.2 Å². The standard InChI is InChI=1S/C26H28N4O8S3/c1-3-38-25(34)23-16-7-5-4-6-8-18(16)40-24(23)27-20(31)13-39-14-21(32)28-26-29(12-22(33)37-2)17-10-9-15(30(35)36)11-19(17)41-26/h9-11H,3-8,12-14H2,1-2H3,(H,27,31). The minimum absolute atomic E-state index is 0.0487. The third-order valence-corrected chi connectivity index (χ3v) is 9.39. The zero-order chi connectivity index (χ0) is 29.5. The van der Waals surface area contributed by atoms with E-state index in [1.165, 1.54) is 41.2 Å². The third kappa shape index (κ3) is 7.40. The van der Waals surface area contributed by atoms with Gasteiger partial charge in [0.2, 0.25) is 5.91 Å². The molecule has 0 spiro atoms. The van der Waals surface area contributed by atoms with Crippen LogP contribution < -0.4 is 10.1 Å². The van der Waals surface area contributed by atoms with Crippen LogP contribution in [0, 0.1) is 10.1 Å². The van der Waals surface area contributed by atoms with E-state index in [1.54, 1.807) is 6.92 Å².